The summed E-state index contributed by atoms with van der Waals surface area (Å²) in [4.78, 5) is 13.1. The van der Waals surface area contributed by atoms with Crippen molar-refractivity contribution in [2.75, 3.05) is 0 Å². The van der Waals surface area contributed by atoms with Crippen LogP contribution in [0, 0.1) is 11.2 Å². The number of carbonyl (C=O) groups is 1. The van der Waals surface area contributed by atoms with Gasteiger partial charge in [-0.3, -0.25) is 10.2 Å². The van der Waals surface area contributed by atoms with E-state index >= 15 is 0 Å². The van der Waals surface area contributed by atoms with Crippen LogP contribution in [-0.2, 0) is 13.5 Å². The number of carbonyl (C=O) groups excluding carboxylic acids is 1. The largest absolute Gasteiger partial charge is 0.313 e. The number of halogens is 4. The standard InChI is InChI=1S/C17H13Br2ClFN3O/c1-3-24-12-7-10(18)13(14(19)15(12)23(2)17(24)22)16(25)9-6-8(21)4-5-11(9)20/h4-7,22H,3H2,1-2H3/i1D3,3D2. The molecule has 1 aromatic heterocycles. The number of hydrogen-bond acceptors (Lipinski definition) is 2. The van der Waals surface area contributed by atoms with Crippen LogP contribution in [0.15, 0.2) is 33.2 Å². The molecule has 3 rings (SSSR count). The molecule has 0 aliphatic carbocycles. The van der Waals surface area contributed by atoms with E-state index in [1.54, 1.807) is 0 Å². The number of imidazole rings is 1. The lowest BCUT2D eigenvalue weighted by atomic mass is 10.0. The molecule has 0 saturated heterocycles. The summed E-state index contributed by atoms with van der Waals surface area (Å²) in [6, 6.07) is 4.73. The maximum atomic E-state index is 13.7. The third-order valence-corrected chi connectivity index (χ3v) is 5.52. The molecule has 8 heteroatoms. The van der Waals surface area contributed by atoms with Crippen molar-refractivity contribution in [3.8, 4) is 0 Å². The van der Waals surface area contributed by atoms with Crippen molar-refractivity contribution in [3.63, 3.8) is 0 Å². The molecule has 4 nitrogen and oxygen atoms in total. The van der Waals surface area contributed by atoms with E-state index in [1.165, 1.54) is 23.7 Å². The van der Waals surface area contributed by atoms with Crippen LogP contribution in [0.2, 0.25) is 5.02 Å². The molecular formula is C17H13Br2ClFN3O. The van der Waals surface area contributed by atoms with Gasteiger partial charge in [0.15, 0.2) is 5.78 Å². The van der Waals surface area contributed by atoms with Crippen LogP contribution in [0.1, 0.15) is 29.6 Å². The van der Waals surface area contributed by atoms with Crippen LogP contribution < -0.4 is 5.62 Å². The smallest absolute Gasteiger partial charge is 0.202 e. The van der Waals surface area contributed by atoms with E-state index in [9.17, 15) is 9.18 Å². The number of aryl methyl sites for hydroxylation is 2. The number of aromatic nitrogens is 2. The monoisotopic (exact) mass is 492 g/mol. The highest BCUT2D eigenvalue weighted by Gasteiger charge is 2.24. The maximum Gasteiger partial charge on any atom is 0.202 e. The van der Waals surface area contributed by atoms with E-state index in [0.717, 1.165) is 16.7 Å². The molecule has 0 fully saturated rings. The van der Waals surface area contributed by atoms with Crippen molar-refractivity contribution < 1.29 is 16.0 Å². The minimum atomic E-state index is -3.05. The van der Waals surface area contributed by atoms with Gasteiger partial charge in [-0.2, -0.15) is 0 Å². The molecule has 1 N–H and O–H groups in total. The summed E-state index contributed by atoms with van der Waals surface area (Å²) < 4.78 is 54.9. The van der Waals surface area contributed by atoms with E-state index < -0.39 is 30.6 Å². The fourth-order valence-corrected chi connectivity index (χ4v) is 4.51. The molecule has 25 heavy (non-hydrogen) atoms. The Labute approximate surface area is 172 Å². The normalized spacial score (nSPS) is 15.3. The van der Waals surface area contributed by atoms with Gasteiger partial charge in [-0.25, -0.2) is 4.39 Å². The molecule has 0 spiro atoms. The fraction of sp³-hybridized carbons (Fsp3) is 0.176. The zero-order valence-corrected chi connectivity index (χ0v) is 16.6. The first-order chi connectivity index (χ1) is 13.7. The third-order valence-electron chi connectivity index (χ3n) is 3.79. The molecule has 0 atom stereocenters. The number of benzene rings is 2. The first-order valence-electron chi connectivity index (χ1n) is 9.34. The van der Waals surface area contributed by atoms with Crippen molar-refractivity contribution in [1.29, 1.82) is 5.41 Å². The second kappa shape index (κ2) is 6.70. The Balaban J connectivity index is 2.38. The van der Waals surface area contributed by atoms with Crippen molar-refractivity contribution in [2.24, 2.45) is 7.05 Å². The quantitative estimate of drug-likeness (QED) is 0.511. The fourth-order valence-electron chi connectivity index (χ4n) is 2.58. The average molecular weight is 495 g/mol. The summed E-state index contributed by atoms with van der Waals surface area (Å²) in [5.41, 5.74) is -0.149. The topological polar surface area (TPSA) is 50.8 Å². The van der Waals surface area contributed by atoms with Gasteiger partial charge < -0.3 is 9.13 Å². The van der Waals surface area contributed by atoms with Gasteiger partial charge in [0.2, 0.25) is 5.62 Å². The van der Waals surface area contributed by atoms with Gasteiger partial charge in [0, 0.05) is 30.4 Å². The SMILES string of the molecule is [2H]C([2H])([2H])C([2H])([2H])n1c(=N)n(C)c2c(Br)c(C(=O)c3cc(F)ccc3Cl)c(Br)cc21. The van der Waals surface area contributed by atoms with Gasteiger partial charge in [0.05, 0.1) is 26.1 Å². The molecule has 0 saturated carbocycles. The van der Waals surface area contributed by atoms with Crippen LogP contribution in [0.4, 0.5) is 4.39 Å². The molecule has 0 radical (unpaired) electrons. The van der Waals surface area contributed by atoms with Gasteiger partial charge in [-0.05, 0) is 63.0 Å². The number of nitrogens with zero attached hydrogens (tertiary/aromatic N) is 2. The molecular weight excluding hydrogens is 476 g/mol. The summed E-state index contributed by atoms with van der Waals surface area (Å²) in [7, 11) is 1.44. The Morgan fingerprint density at radius 1 is 1.44 bits per heavy atom. The van der Waals surface area contributed by atoms with E-state index in [4.69, 9.17) is 23.9 Å². The Morgan fingerprint density at radius 2 is 2.16 bits per heavy atom. The minimum Gasteiger partial charge on any atom is -0.313 e. The van der Waals surface area contributed by atoms with Crippen LogP contribution >= 0.6 is 43.5 Å². The second-order valence-electron chi connectivity index (χ2n) is 5.20. The summed E-state index contributed by atoms with van der Waals surface area (Å²) in [5, 5.41) is 8.32. The number of fused-ring (bicyclic) bond motifs is 1. The van der Waals surface area contributed by atoms with Crippen molar-refractivity contribution in [2.45, 2.75) is 13.3 Å². The predicted octanol–water partition coefficient (Wildman–Crippen LogP) is 5.03. The number of ketones is 1. The van der Waals surface area contributed by atoms with Crippen LogP contribution in [-0.4, -0.2) is 14.9 Å². The molecule has 0 aliphatic heterocycles. The van der Waals surface area contributed by atoms with Gasteiger partial charge in [0.25, 0.3) is 0 Å². The molecule has 0 bridgehead atoms. The second-order valence-corrected chi connectivity index (χ2v) is 7.25. The summed E-state index contributed by atoms with van der Waals surface area (Å²) in [6.07, 6.45) is 0. The van der Waals surface area contributed by atoms with Crippen LogP contribution in [0.5, 0.6) is 0 Å². The Hall–Kier alpha value is -1.44. The van der Waals surface area contributed by atoms with E-state index in [2.05, 4.69) is 31.9 Å². The van der Waals surface area contributed by atoms with Crippen molar-refractivity contribution >= 4 is 60.3 Å². The molecule has 3 aromatic rings. The lowest BCUT2D eigenvalue weighted by Crippen LogP contribution is -2.21. The molecule has 130 valence electrons. The van der Waals surface area contributed by atoms with Gasteiger partial charge in [-0.15, -0.1) is 0 Å². The Morgan fingerprint density at radius 3 is 2.84 bits per heavy atom. The van der Waals surface area contributed by atoms with E-state index in [1.807, 2.05) is 0 Å². The minimum absolute atomic E-state index is 0.0437. The van der Waals surface area contributed by atoms with Gasteiger partial charge in [0.1, 0.15) is 5.82 Å². The Bertz CT molecular complexity index is 1270. The molecule has 2 aromatic carbocycles. The molecule has 1 heterocycles. The number of hydrogen-bond donors (Lipinski definition) is 1. The summed E-state index contributed by atoms with van der Waals surface area (Å²) in [6.45, 7) is -5.94. The first kappa shape index (κ1) is 12.8. The maximum absolute atomic E-state index is 13.7. The third kappa shape index (κ3) is 2.88. The highest BCUT2D eigenvalue weighted by atomic mass is 79.9. The van der Waals surface area contributed by atoms with Crippen LogP contribution in [0.25, 0.3) is 11.0 Å². The van der Waals surface area contributed by atoms with Crippen LogP contribution in [0.3, 0.4) is 0 Å². The zero-order chi connectivity index (χ0) is 22.8. The van der Waals surface area contributed by atoms with E-state index in [-0.39, 0.29) is 36.1 Å². The molecule has 0 aliphatic rings. The zero-order valence-electron chi connectivity index (χ0n) is 17.6. The summed E-state index contributed by atoms with van der Waals surface area (Å²) in [5.74, 6) is -1.26. The number of rotatable bonds is 3. The lowest BCUT2D eigenvalue weighted by molar-refractivity contribution is 0.103. The lowest BCUT2D eigenvalue weighted by Gasteiger charge is -2.11. The summed E-state index contributed by atoms with van der Waals surface area (Å²) >= 11 is 12.6. The van der Waals surface area contributed by atoms with E-state index in [0.29, 0.717) is 0 Å². The molecule has 0 unspecified atom stereocenters. The highest BCUT2D eigenvalue weighted by molar-refractivity contribution is 9.11. The predicted molar refractivity (Wildman–Crippen MR) is 103 cm³/mol. The molecule has 0 amide bonds. The van der Waals surface area contributed by atoms with Crippen molar-refractivity contribution in [3.05, 3.63) is 60.8 Å². The number of nitrogens with one attached hydrogen (secondary N) is 1. The van der Waals surface area contributed by atoms with Crippen molar-refractivity contribution in [1.82, 2.24) is 9.13 Å². The van der Waals surface area contributed by atoms with Gasteiger partial charge in [-0.1, -0.05) is 11.6 Å². The first-order valence-corrected chi connectivity index (χ1v) is 8.80. The highest BCUT2D eigenvalue weighted by Crippen LogP contribution is 2.35. The van der Waals surface area contributed by atoms with Gasteiger partial charge >= 0.3 is 0 Å². The Kier molecular flexibility index (Phi) is 3.44. The average Bonchev–Trinajstić information content (AvgIpc) is 2.87.